The number of carbonyl (C=O) groups is 1. The molecule has 2 rings (SSSR count). The van der Waals surface area contributed by atoms with Crippen LogP contribution in [0.4, 0.5) is 0 Å². The Kier molecular flexibility index (Phi) is 3.66. The summed E-state index contributed by atoms with van der Waals surface area (Å²) in [4.78, 5) is 11.4. The van der Waals surface area contributed by atoms with Gasteiger partial charge in [-0.1, -0.05) is 45.0 Å². The van der Waals surface area contributed by atoms with E-state index in [0.29, 0.717) is 12.1 Å². The lowest BCUT2D eigenvalue weighted by Gasteiger charge is -2.19. The van der Waals surface area contributed by atoms with E-state index in [2.05, 4.69) is 25.9 Å². The molecule has 0 spiro atoms. The smallest absolute Gasteiger partial charge is 0.354 e. The lowest BCUT2D eigenvalue weighted by atomic mass is 9.86. The van der Waals surface area contributed by atoms with Gasteiger partial charge in [0.1, 0.15) is 0 Å². The number of benzene rings is 1. The number of rotatable bonds is 3. The molecular formula is C16H20N2O2. The van der Waals surface area contributed by atoms with Crippen molar-refractivity contribution in [3.8, 4) is 11.1 Å². The minimum absolute atomic E-state index is 0.0851. The SMILES string of the molecule is CCn1ncc(-c2ccc(C(C)(C)C)cc2)c1C(=O)O. The maximum Gasteiger partial charge on any atom is 0.354 e. The summed E-state index contributed by atoms with van der Waals surface area (Å²) >= 11 is 0. The summed E-state index contributed by atoms with van der Waals surface area (Å²) in [7, 11) is 0. The van der Waals surface area contributed by atoms with E-state index in [4.69, 9.17) is 0 Å². The van der Waals surface area contributed by atoms with Crippen molar-refractivity contribution in [1.29, 1.82) is 0 Å². The second-order valence-electron chi connectivity index (χ2n) is 5.86. The van der Waals surface area contributed by atoms with Crippen LogP contribution < -0.4 is 0 Å². The lowest BCUT2D eigenvalue weighted by Crippen LogP contribution is -2.11. The van der Waals surface area contributed by atoms with Crippen LogP contribution in [0.1, 0.15) is 43.7 Å². The number of carboxylic acid groups (broad SMARTS) is 1. The predicted octanol–water partition coefficient (Wildman–Crippen LogP) is 3.57. The zero-order valence-electron chi connectivity index (χ0n) is 12.3. The van der Waals surface area contributed by atoms with Gasteiger partial charge in [-0.3, -0.25) is 4.68 Å². The van der Waals surface area contributed by atoms with E-state index in [1.165, 1.54) is 10.2 Å². The topological polar surface area (TPSA) is 55.1 Å². The molecule has 2 aromatic rings. The van der Waals surface area contributed by atoms with Crippen molar-refractivity contribution in [2.45, 2.75) is 39.7 Å². The molecule has 4 heteroatoms. The summed E-state index contributed by atoms with van der Waals surface area (Å²) < 4.78 is 1.51. The number of aryl methyl sites for hydroxylation is 1. The Labute approximate surface area is 119 Å². The molecule has 0 aliphatic heterocycles. The molecule has 1 heterocycles. The molecule has 0 unspecified atom stereocenters. The van der Waals surface area contributed by atoms with E-state index in [0.717, 1.165) is 5.56 Å². The van der Waals surface area contributed by atoms with Gasteiger partial charge in [-0.15, -0.1) is 0 Å². The zero-order chi connectivity index (χ0) is 14.9. The molecule has 1 aromatic heterocycles. The number of hydrogen-bond donors (Lipinski definition) is 1. The molecule has 0 atom stereocenters. The van der Waals surface area contributed by atoms with E-state index in [-0.39, 0.29) is 11.1 Å². The Morgan fingerprint density at radius 2 is 1.85 bits per heavy atom. The van der Waals surface area contributed by atoms with Crippen LogP contribution in [-0.4, -0.2) is 20.9 Å². The highest BCUT2D eigenvalue weighted by molar-refractivity contribution is 5.94. The monoisotopic (exact) mass is 272 g/mol. The zero-order valence-corrected chi connectivity index (χ0v) is 12.3. The number of carboxylic acids is 1. The fourth-order valence-electron chi connectivity index (χ4n) is 2.21. The highest BCUT2D eigenvalue weighted by atomic mass is 16.4. The highest BCUT2D eigenvalue weighted by Gasteiger charge is 2.19. The Morgan fingerprint density at radius 1 is 1.25 bits per heavy atom. The van der Waals surface area contributed by atoms with Crippen molar-refractivity contribution < 1.29 is 9.90 Å². The Bertz CT molecular complexity index is 619. The van der Waals surface area contributed by atoms with Gasteiger partial charge in [0.25, 0.3) is 0 Å². The van der Waals surface area contributed by atoms with Gasteiger partial charge in [-0.05, 0) is 23.5 Å². The standard InChI is InChI=1S/C16H20N2O2/c1-5-18-14(15(19)20)13(10-17-18)11-6-8-12(9-7-11)16(2,3)4/h6-10H,5H2,1-4H3,(H,19,20). The van der Waals surface area contributed by atoms with Crippen molar-refractivity contribution in [3.63, 3.8) is 0 Å². The van der Waals surface area contributed by atoms with Gasteiger partial charge in [-0.25, -0.2) is 4.79 Å². The first-order chi connectivity index (χ1) is 9.34. The third-order valence-corrected chi connectivity index (χ3v) is 3.40. The molecule has 1 aromatic carbocycles. The molecule has 0 bridgehead atoms. The quantitative estimate of drug-likeness (QED) is 0.929. The van der Waals surface area contributed by atoms with Crippen molar-refractivity contribution in [2.75, 3.05) is 0 Å². The molecule has 1 N–H and O–H groups in total. The third kappa shape index (κ3) is 2.59. The van der Waals surface area contributed by atoms with E-state index in [1.807, 2.05) is 31.2 Å². The predicted molar refractivity (Wildman–Crippen MR) is 79.0 cm³/mol. The molecule has 0 aliphatic carbocycles. The molecule has 106 valence electrons. The fourth-order valence-corrected chi connectivity index (χ4v) is 2.21. The van der Waals surface area contributed by atoms with Crippen molar-refractivity contribution in [1.82, 2.24) is 9.78 Å². The first-order valence-corrected chi connectivity index (χ1v) is 6.74. The molecule has 0 amide bonds. The van der Waals surface area contributed by atoms with Gasteiger partial charge in [0, 0.05) is 12.1 Å². The van der Waals surface area contributed by atoms with Crippen LogP contribution in [0.15, 0.2) is 30.5 Å². The van der Waals surface area contributed by atoms with Crippen molar-refractivity contribution in [3.05, 3.63) is 41.7 Å². The molecule has 0 saturated carbocycles. The molecule has 0 aliphatic rings. The summed E-state index contributed by atoms with van der Waals surface area (Å²) in [5.41, 5.74) is 3.11. The molecular weight excluding hydrogens is 252 g/mol. The molecule has 0 fully saturated rings. The normalized spacial score (nSPS) is 11.6. The van der Waals surface area contributed by atoms with Gasteiger partial charge in [0.2, 0.25) is 0 Å². The Balaban J connectivity index is 2.47. The molecule has 0 saturated heterocycles. The third-order valence-electron chi connectivity index (χ3n) is 3.40. The van der Waals surface area contributed by atoms with Crippen LogP contribution in [0, 0.1) is 0 Å². The largest absolute Gasteiger partial charge is 0.477 e. The van der Waals surface area contributed by atoms with E-state index < -0.39 is 5.97 Å². The van der Waals surface area contributed by atoms with Gasteiger partial charge >= 0.3 is 5.97 Å². The average molecular weight is 272 g/mol. The highest BCUT2D eigenvalue weighted by Crippen LogP contribution is 2.28. The maximum atomic E-state index is 11.4. The first kappa shape index (κ1) is 14.3. The molecule has 4 nitrogen and oxygen atoms in total. The van der Waals surface area contributed by atoms with Crippen LogP contribution in [0.3, 0.4) is 0 Å². The van der Waals surface area contributed by atoms with E-state index in [1.54, 1.807) is 6.20 Å². The second-order valence-corrected chi connectivity index (χ2v) is 5.86. The van der Waals surface area contributed by atoms with Crippen LogP contribution in [-0.2, 0) is 12.0 Å². The van der Waals surface area contributed by atoms with Crippen LogP contribution in [0.2, 0.25) is 0 Å². The molecule has 0 radical (unpaired) electrons. The van der Waals surface area contributed by atoms with Gasteiger partial charge in [0.05, 0.1) is 6.20 Å². The van der Waals surface area contributed by atoms with E-state index in [9.17, 15) is 9.90 Å². The summed E-state index contributed by atoms with van der Waals surface area (Å²) in [5, 5.41) is 13.5. The number of hydrogen-bond acceptors (Lipinski definition) is 2. The number of nitrogens with zero attached hydrogens (tertiary/aromatic N) is 2. The Hall–Kier alpha value is -2.10. The summed E-state index contributed by atoms with van der Waals surface area (Å²) in [6.45, 7) is 8.88. The van der Waals surface area contributed by atoms with Crippen molar-refractivity contribution in [2.24, 2.45) is 0 Å². The van der Waals surface area contributed by atoms with Gasteiger partial charge in [0.15, 0.2) is 5.69 Å². The minimum Gasteiger partial charge on any atom is -0.477 e. The first-order valence-electron chi connectivity index (χ1n) is 6.74. The van der Waals surface area contributed by atoms with Crippen molar-refractivity contribution >= 4 is 5.97 Å². The van der Waals surface area contributed by atoms with Gasteiger partial charge in [-0.2, -0.15) is 5.10 Å². The summed E-state index contributed by atoms with van der Waals surface area (Å²) in [6.07, 6.45) is 1.62. The lowest BCUT2D eigenvalue weighted by molar-refractivity contribution is 0.0684. The number of aromatic carboxylic acids is 1. The van der Waals surface area contributed by atoms with Crippen LogP contribution in [0.25, 0.3) is 11.1 Å². The van der Waals surface area contributed by atoms with Crippen LogP contribution in [0.5, 0.6) is 0 Å². The summed E-state index contributed by atoms with van der Waals surface area (Å²) in [5.74, 6) is -0.945. The fraction of sp³-hybridized carbons (Fsp3) is 0.375. The van der Waals surface area contributed by atoms with E-state index >= 15 is 0 Å². The summed E-state index contributed by atoms with van der Waals surface area (Å²) in [6, 6.07) is 8.02. The number of aromatic nitrogens is 2. The maximum absolute atomic E-state index is 11.4. The van der Waals surface area contributed by atoms with Crippen LogP contribution >= 0.6 is 0 Å². The second kappa shape index (κ2) is 5.12. The van der Waals surface area contributed by atoms with Gasteiger partial charge < -0.3 is 5.11 Å². The minimum atomic E-state index is -0.945. The molecule has 20 heavy (non-hydrogen) atoms. The Morgan fingerprint density at radius 3 is 2.30 bits per heavy atom. The average Bonchev–Trinajstić information content (AvgIpc) is 2.81.